The van der Waals surface area contributed by atoms with Crippen molar-refractivity contribution in [3.8, 4) is 0 Å². The van der Waals surface area contributed by atoms with Crippen LogP contribution in [0.1, 0.15) is 15.9 Å². The number of thioether (sulfide) groups is 1. The number of carbonyl (C=O) groups is 1. The van der Waals surface area contributed by atoms with Gasteiger partial charge in [0.05, 0.1) is 11.1 Å². The lowest BCUT2D eigenvalue weighted by Crippen LogP contribution is -2.17. The van der Waals surface area contributed by atoms with Crippen molar-refractivity contribution in [1.29, 1.82) is 0 Å². The number of amides is 1. The average Bonchev–Trinajstić information content (AvgIpc) is 2.55. The van der Waals surface area contributed by atoms with E-state index in [-0.39, 0.29) is 16.3 Å². The summed E-state index contributed by atoms with van der Waals surface area (Å²) in [5, 5.41) is 14.6. The molecule has 2 aromatic carbocycles. The lowest BCUT2D eigenvalue weighted by Gasteiger charge is -2.01. The summed E-state index contributed by atoms with van der Waals surface area (Å²) in [4.78, 5) is 23.2. The minimum absolute atomic E-state index is 0.0241. The number of nitro benzene ring substituents is 1. The molecule has 0 aromatic heterocycles. The van der Waals surface area contributed by atoms with Crippen molar-refractivity contribution in [2.45, 2.75) is 4.90 Å². The van der Waals surface area contributed by atoms with Crippen LogP contribution in [0.2, 0.25) is 5.02 Å². The Morgan fingerprint density at radius 3 is 2.61 bits per heavy atom. The number of hydrazone groups is 1. The van der Waals surface area contributed by atoms with Crippen LogP contribution < -0.4 is 5.43 Å². The third kappa shape index (κ3) is 4.54. The van der Waals surface area contributed by atoms with Crippen molar-refractivity contribution in [3.05, 3.63) is 68.7 Å². The van der Waals surface area contributed by atoms with Crippen LogP contribution >= 0.6 is 23.4 Å². The zero-order chi connectivity index (χ0) is 16.8. The number of rotatable bonds is 5. The first kappa shape index (κ1) is 17.0. The molecule has 8 heteroatoms. The molecule has 0 heterocycles. The van der Waals surface area contributed by atoms with E-state index in [1.165, 1.54) is 18.3 Å². The maximum atomic E-state index is 11.9. The number of nitrogens with zero attached hydrogens (tertiary/aromatic N) is 2. The van der Waals surface area contributed by atoms with E-state index in [9.17, 15) is 14.9 Å². The molecule has 1 amide bonds. The molecule has 1 N–H and O–H groups in total. The van der Waals surface area contributed by atoms with Crippen molar-refractivity contribution < 1.29 is 9.72 Å². The second-order valence-electron chi connectivity index (χ2n) is 4.40. The predicted molar refractivity (Wildman–Crippen MR) is 91.4 cm³/mol. The second-order valence-corrected chi connectivity index (χ2v) is 5.68. The van der Waals surface area contributed by atoms with Gasteiger partial charge in [0.25, 0.3) is 11.6 Å². The number of hydrogen-bond acceptors (Lipinski definition) is 5. The Hall–Kier alpha value is -2.38. The van der Waals surface area contributed by atoms with Gasteiger partial charge in [-0.05, 0) is 36.1 Å². The van der Waals surface area contributed by atoms with E-state index in [1.807, 2.05) is 30.5 Å². The molecule has 0 saturated carbocycles. The first-order valence-electron chi connectivity index (χ1n) is 6.42. The summed E-state index contributed by atoms with van der Waals surface area (Å²) < 4.78 is 0. The van der Waals surface area contributed by atoms with Gasteiger partial charge < -0.3 is 0 Å². The first-order valence-corrected chi connectivity index (χ1v) is 8.03. The topological polar surface area (TPSA) is 84.6 Å². The quantitative estimate of drug-likeness (QED) is 0.385. The van der Waals surface area contributed by atoms with Crippen LogP contribution in [-0.4, -0.2) is 23.3 Å². The third-order valence-corrected chi connectivity index (χ3v) is 3.96. The summed E-state index contributed by atoms with van der Waals surface area (Å²) in [6.07, 6.45) is 3.47. The zero-order valence-corrected chi connectivity index (χ0v) is 13.6. The lowest BCUT2D eigenvalue weighted by molar-refractivity contribution is -0.384. The van der Waals surface area contributed by atoms with Crippen molar-refractivity contribution >= 4 is 41.2 Å². The highest BCUT2D eigenvalue weighted by molar-refractivity contribution is 7.98. The lowest BCUT2D eigenvalue weighted by atomic mass is 10.2. The Morgan fingerprint density at radius 2 is 2.00 bits per heavy atom. The number of halogens is 1. The van der Waals surface area contributed by atoms with E-state index in [0.717, 1.165) is 16.5 Å². The third-order valence-electron chi connectivity index (χ3n) is 2.90. The fraction of sp³-hybridized carbons (Fsp3) is 0.0667. The molecule has 0 unspecified atom stereocenters. The van der Waals surface area contributed by atoms with Crippen LogP contribution in [0.3, 0.4) is 0 Å². The Labute approximate surface area is 141 Å². The first-order chi connectivity index (χ1) is 11.0. The number of hydrogen-bond donors (Lipinski definition) is 1. The van der Waals surface area contributed by atoms with Crippen LogP contribution in [0.5, 0.6) is 0 Å². The van der Waals surface area contributed by atoms with Crippen LogP contribution in [0.25, 0.3) is 0 Å². The number of nitrogens with one attached hydrogen (secondary N) is 1. The monoisotopic (exact) mass is 349 g/mol. The Balaban J connectivity index is 2.05. The van der Waals surface area contributed by atoms with Gasteiger partial charge in [0.1, 0.15) is 5.02 Å². The maximum absolute atomic E-state index is 11.9. The molecule has 0 saturated heterocycles. The zero-order valence-electron chi connectivity index (χ0n) is 12.0. The fourth-order valence-corrected chi connectivity index (χ4v) is 2.31. The fourth-order valence-electron chi connectivity index (χ4n) is 1.71. The second kappa shape index (κ2) is 7.75. The van der Waals surface area contributed by atoms with Gasteiger partial charge in [-0.3, -0.25) is 14.9 Å². The number of benzene rings is 2. The van der Waals surface area contributed by atoms with Crippen molar-refractivity contribution in [3.63, 3.8) is 0 Å². The van der Waals surface area contributed by atoms with Gasteiger partial charge in [0, 0.05) is 16.5 Å². The highest BCUT2D eigenvalue weighted by Crippen LogP contribution is 2.24. The highest BCUT2D eigenvalue weighted by Gasteiger charge is 2.15. The molecule has 0 aliphatic rings. The normalized spacial score (nSPS) is 10.7. The molecule has 0 aliphatic heterocycles. The standard InChI is InChI=1S/C15H12ClN3O3S/c1-23-12-5-2-10(3-6-12)9-17-18-15(20)11-4-7-13(16)14(8-11)19(21)22/h2-9H,1H3,(H,18,20). The Kier molecular flexibility index (Phi) is 5.72. The Morgan fingerprint density at radius 1 is 1.30 bits per heavy atom. The molecule has 118 valence electrons. The molecule has 0 fully saturated rings. The van der Waals surface area contributed by atoms with Crippen LogP contribution in [0.15, 0.2) is 52.5 Å². The molecular formula is C15H12ClN3O3S. The van der Waals surface area contributed by atoms with Crippen LogP contribution in [0, 0.1) is 10.1 Å². The molecule has 0 aliphatic carbocycles. The van der Waals surface area contributed by atoms with Crippen molar-refractivity contribution in [1.82, 2.24) is 5.43 Å². The molecule has 0 bridgehead atoms. The van der Waals surface area contributed by atoms with Gasteiger partial charge in [-0.1, -0.05) is 23.7 Å². The molecule has 0 spiro atoms. The summed E-state index contributed by atoms with van der Waals surface area (Å²) in [6, 6.07) is 11.4. The van der Waals surface area contributed by atoms with Gasteiger partial charge in [-0.25, -0.2) is 5.43 Å². The van der Waals surface area contributed by atoms with Gasteiger partial charge in [-0.15, -0.1) is 11.8 Å². The minimum atomic E-state index is -0.643. The summed E-state index contributed by atoms with van der Waals surface area (Å²) in [5.74, 6) is -0.554. The SMILES string of the molecule is CSc1ccc(C=NNC(=O)c2ccc(Cl)c([N+](=O)[O-])c2)cc1. The summed E-state index contributed by atoms with van der Waals surface area (Å²) in [6.45, 7) is 0. The van der Waals surface area contributed by atoms with Gasteiger partial charge in [0.2, 0.25) is 0 Å². The van der Waals surface area contributed by atoms with E-state index in [0.29, 0.717) is 0 Å². The number of nitro groups is 1. The number of carbonyl (C=O) groups excluding carboxylic acids is 1. The van der Waals surface area contributed by atoms with E-state index in [1.54, 1.807) is 11.8 Å². The molecule has 2 aromatic rings. The highest BCUT2D eigenvalue weighted by atomic mass is 35.5. The summed E-state index contributed by atoms with van der Waals surface area (Å²) in [5.41, 5.74) is 2.93. The van der Waals surface area contributed by atoms with Gasteiger partial charge in [0.15, 0.2) is 0 Å². The minimum Gasteiger partial charge on any atom is -0.267 e. The molecule has 23 heavy (non-hydrogen) atoms. The molecular weight excluding hydrogens is 338 g/mol. The smallest absolute Gasteiger partial charge is 0.267 e. The van der Waals surface area contributed by atoms with Gasteiger partial charge >= 0.3 is 0 Å². The predicted octanol–water partition coefficient (Wildman–Crippen LogP) is 3.73. The average molecular weight is 350 g/mol. The van der Waals surface area contributed by atoms with E-state index in [2.05, 4.69) is 10.5 Å². The van der Waals surface area contributed by atoms with Crippen molar-refractivity contribution in [2.24, 2.45) is 5.10 Å². The Bertz CT molecular complexity index is 763. The van der Waals surface area contributed by atoms with Crippen molar-refractivity contribution in [2.75, 3.05) is 6.26 Å². The summed E-state index contributed by atoms with van der Waals surface area (Å²) >= 11 is 7.33. The van der Waals surface area contributed by atoms with Crippen LogP contribution in [0.4, 0.5) is 5.69 Å². The molecule has 6 nitrogen and oxygen atoms in total. The molecule has 2 rings (SSSR count). The van der Waals surface area contributed by atoms with Crippen LogP contribution in [-0.2, 0) is 0 Å². The van der Waals surface area contributed by atoms with E-state index >= 15 is 0 Å². The van der Waals surface area contributed by atoms with Gasteiger partial charge in [-0.2, -0.15) is 5.10 Å². The molecule has 0 radical (unpaired) electrons. The van der Waals surface area contributed by atoms with E-state index < -0.39 is 10.8 Å². The summed E-state index contributed by atoms with van der Waals surface area (Å²) in [7, 11) is 0. The van der Waals surface area contributed by atoms with E-state index in [4.69, 9.17) is 11.6 Å². The molecule has 0 atom stereocenters. The largest absolute Gasteiger partial charge is 0.288 e. The maximum Gasteiger partial charge on any atom is 0.288 e.